The molecule has 0 saturated heterocycles. The quantitative estimate of drug-likeness (QED) is 0.487. The third-order valence-electron chi connectivity index (χ3n) is 3.84. The van der Waals surface area contributed by atoms with E-state index in [1.807, 2.05) is 6.07 Å². The van der Waals surface area contributed by atoms with Crippen molar-refractivity contribution in [3.63, 3.8) is 0 Å². The second-order valence-corrected chi connectivity index (χ2v) is 7.11. The van der Waals surface area contributed by atoms with Crippen LogP contribution in [-0.2, 0) is 9.59 Å². The van der Waals surface area contributed by atoms with Crippen LogP contribution in [0.1, 0.15) is 44.2 Å². The van der Waals surface area contributed by atoms with Crippen LogP contribution in [0.15, 0.2) is 54.6 Å². The fourth-order valence-corrected chi connectivity index (χ4v) is 2.73. The number of ketones is 1. The normalized spacial score (nSPS) is 12.3. The van der Waals surface area contributed by atoms with E-state index in [-0.39, 0.29) is 12.1 Å². The third kappa shape index (κ3) is 4.99. The van der Waals surface area contributed by atoms with E-state index >= 15 is 0 Å². The summed E-state index contributed by atoms with van der Waals surface area (Å²) in [7, 11) is 0. The van der Waals surface area contributed by atoms with E-state index in [1.54, 1.807) is 63.2 Å². The van der Waals surface area contributed by atoms with E-state index < -0.39 is 28.1 Å². The van der Waals surface area contributed by atoms with Crippen molar-refractivity contribution in [1.82, 2.24) is 5.32 Å². The Balaban J connectivity index is 2.40. The first-order chi connectivity index (χ1) is 12.2. The summed E-state index contributed by atoms with van der Waals surface area (Å²) < 4.78 is 0. The first-order valence-electron chi connectivity index (χ1n) is 8.32. The molecule has 0 heterocycles. The summed E-state index contributed by atoms with van der Waals surface area (Å²) in [6, 6.07) is 15.3. The zero-order valence-electron chi connectivity index (χ0n) is 15.1. The molecule has 0 unspecified atom stereocenters. The Bertz CT molecular complexity index is 810. The Kier molecular flexibility index (Phi) is 5.87. The van der Waals surface area contributed by atoms with Crippen LogP contribution >= 0.6 is 0 Å². The number of hydrogen-bond donors (Lipinski definition) is 1. The molecule has 6 heteroatoms. The van der Waals surface area contributed by atoms with Crippen molar-refractivity contribution in [3.8, 4) is 0 Å². The molecule has 26 heavy (non-hydrogen) atoms. The highest BCUT2D eigenvalue weighted by atomic mass is 16.6. The number of carbonyl (C=O) groups excluding carboxylic acids is 2. The van der Waals surface area contributed by atoms with Gasteiger partial charge in [-0.1, -0.05) is 48.5 Å². The van der Waals surface area contributed by atoms with Crippen molar-refractivity contribution in [2.45, 2.75) is 38.6 Å². The average Bonchev–Trinajstić information content (AvgIpc) is 2.58. The molecular formula is C20H22N2O4. The summed E-state index contributed by atoms with van der Waals surface area (Å²) in [6.07, 6.45) is -0.142. The molecule has 1 N–H and O–H groups in total. The van der Waals surface area contributed by atoms with Gasteiger partial charge in [-0.3, -0.25) is 19.7 Å². The lowest BCUT2D eigenvalue weighted by molar-refractivity contribution is -0.385. The largest absolute Gasteiger partial charge is 0.345 e. The second kappa shape index (κ2) is 7.91. The molecular weight excluding hydrogens is 332 g/mol. The standard InChI is InChI=1S/C20H22N2O4/c1-20(2,3)21-19(24)18(23)13-16(14-9-5-4-6-10-14)15-11-7-8-12-17(15)22(25)26/h4-12,16H,13H2,1-3H3,(H,21,24)/t16-/m1/s1. The second-order valence-electron chi connectivity index (χ2n) is 7.11. The molecule has 0 saturated carbocycles. The minimum Gasteiger partial charge on any atom is -0.345 e. The number of amides is 1. The van der Waals surface area contributed by atoms with Gasteiger partial charge in [0.15, 0.2) is 0 Å². The Hall–Kier alpha value is -3.02. The number of benzene rings is 2. The van der Waals surface area contributed by atoms with Crippen molar-refractivity contribution in [1.29, 1.82) is 0 Å². The molecule has 0 bridgehead atoms. The summed E-state index contributed by atoms with van der Waals surface area (Å²) in [4.78, 5) is 35.6. The van der Waals surface area contributed by atoms with E-state index in [1.165, 1.54) is 6.07 Å². The van der Waals surface area contributed by atoms with Gasteiger partial charge in [0.25, 0.3) is 11.6 Å². The van der Waals surface area contributed by atoms with Gasteiger partial charge in [0.2, 0.25) is 5.78 Å². The lowest BCUT2D eigenvalue weighted by atomic mass is 9.86. The molecule has 2 aromatic carbocycles. The molecule has 1 amide bonds. The maximum atomic E-state index is 12.5. The number of nitrogens with one attached hydrogen (secondary N) is 1. The van der Waals surface area contributed by atoms with Crippen molar-refractivity contribution >= 4 is 17.4 Å². The number of para-hydroxylation sites is 1. The number of nitro groups is 1. The predicted octanol–water partition coefficient (Wildman–Crippen LogP) is 3.60. The Labute approximate surface area is 152 Å². The zero-order chi connectivity index (χ0) is 19.3. The molecule has 2 aromatic rings. The minimum atomic E-state index is -0.683. The van der Waals surface area contributed by atoms with Crippen molar-refractivity contribution in [2.24, 2.45) is 0 Å². The smallest absolute Gasteiger partial charge is 0.287 e. The molecule has 0 fully saturated rings. The minimum absolute atomic E-state index is 0.0645. The van der Waals surface area contributed by atoms with Crippen LogP contribution in [0.5, 0.6) is 0 Å². The maximum absolute atomic E-state index is 12.5. The molecule has 0 aromatic heterocycles. The third-order valence-corrected chi connectivity index (χ3v) is 3.84. The van der Waals surface area contributed by atoms with E-state index in [0.717, 1.165) is 5.56 Å². The van der Waals surface area contributed by atoms with Crippen LogP contribution in [0.25, 0.3) is 0 Å². The zero-order valence-corrected chi connectivity index (χ0v) is 15.1. The van der Waals surface area contributed by atoms with Crippen LogP contribution < -0.4 is 5.32 Å². The highest BCUT2D eigenvalue weighted by Gasteiger charge is 2.29. The summed E-state index contributed by atoms with van der Waals surface area (Å²) in [6.45, 7) is 5.36. The lowest BCUT2D eigenvalue weighted by Crippen LogP contribution is -2.44. The fourth-order valence-electron chi connectivity index (χ4n) is 2.73. The van der Waals surface area contributed by atoms with Gasteiger partial charge in [0.05, 0.1) is 4.92 Å². The highest BCUT2D eigenvalue weighted by Crippen LogP contribution is 2.34. The SMILES string of the molecule is CC(C)(C)NC(=O)C(=O)C[C@H](c1ccccc1)c1ccccc1[N+](=O)[O-]. The molecule has 0 aliphatic heterocycles. The van der Waals surface area contributed by atoms with Crippen LogP contribution in [0.4, 0.5) is 5.69 Å². The van der Waals surface area contributed by atoms with E-state index in [0.29, 0.717) is 5.56 Å². The number of nitro benzene ring substituents is 1. The van der Waals surface area contributed by atoms with E-state index in [2.05, 4.69) is 5.32 Å². The lowest BCUT2D eigenvalue weighted by Gasteiger charge is -2.21. The number of rotatable bonds is 6. The molecule has 0 aliphatic rings. The van der Waals surface area contributed by atoms with Gasteiger partial charge in [-0.05, 0) is 26.3 Å². The Morgan fingerprint density at radius 3 is 2.19 bits per heavy atom. The van der Waals surface area contributed by atoms with Gasteiger partial charge in [0, 0.05) is 29.5 Å². The van der Waals surface area contributed by atoms with Crippen LogP contribution in [-0.4, -0.2) is 22.2 Å². The molecule has 6 nitrogen and oxygen atoms in total. The average molecular weight is 354 g/mol. The number of nitrogens with zero attached hydrogens (tertiary/aromatic N) is 1. The van der Waals surface area contributed by atoms with Crippen molar-refractivity contribution in [3.05, 3.63) is 75.8 Å². The van der Waals surface area contributed by atoms with E-state index in [4.69, 9.17) is 0 Å². The Morgan fingerprint density at radius 2 is 1.62 bits per heavy atom. The van der Waals surface area contributed by atoms with Crippen LogP contribution in [0, 0.1) is 10.1 Å². The summed E-state index contributed by atoms with van der Waals surface area (Å²) in [5.74, 6) is -1.86. The fraction of sp³-hybridized carbons (Fsp3) is 0.300. The predicted molar refractivity (Wildman–Crippen MR) is 98.9 cm³/mol. The van der Waals surface area contributed by atoms with Gasteiger partial charge >= 0.3 is 0 Å². The number of hydrogen-bond acceptors (Lipinski definition) is 4. The van der Waals surface area contributed by atoms with Crippen molar-refractivity contribution < 1.29 is 14.5 Å². The van der Waals surface area contributed by atoms with Gasteiger partial charge < -0.3 is 5.32 Å². The molecule has 2 rings (SSSR count). The van der Waals surface area contributed by atoms with Gasteiger partial charge in [0.1, 0.15) is 0 Å². The number of Topliss-reactive ketones (excluding diaryl/α,β-unsaturated/α-hetero) is 1. The summed E-state index contributed by atoms with van der Waals surface area (Å²) >= 11 is 0. The van der Waals surface area contributed by atoms with Crippen molar-refractivity contribution in [2.75, 3.05) is 0 Å². The van der Waals surface area contributed by atoms with E-state index in [9.17, 15) is 19.7 Å². The maximum Gasteiger partial charge on any atom is 0.287 e. The molecule has 136 valence electrons. The summed E-state index contributed by atoms with van der Waals surface area (Å²) in [5, 5.41) is 14.0. The first kappa shape index (κ1) is 19.3. The van der Waals surface area contributed by atoms with Crippen LogP contribution in [0.2, 0.25) is 0 Å². The molecule has 0 spiro atoms. The molecule has 0 aliphatic carbocycles. The number of carbonyl (C=O) groups is 2. The molecule has 0 radical (unpaired) electrons. The monoisotopic (exact) mass is 354 g/mol. The van der Waals surface area contributed by atoms with Gasteiger partial charge in [-0.15, -0.1) is 0 Å². The topological polar surface area (TPSA) is 89.3 Å². The first-order valence-corrected chi connectivity index (χ1v) is 8.32. The molecule has 1 atom stereocenters. The van der Waals surface area contributed by atoms with Gasteiger partial charge in [-0.25, -0.2) is 0 Å². The highest BCUT2D eigenvalue weighted by molar-refractivity contribution is 6.36. The van der Waals surface area contributed by atoms with Gasteiger partial charge in [-0.2, -0.15) is 0 Å². The summed E-state index contributed by atoms with van der Waals surface area (Å²) in [5.41, 5.74) is 0.568. The van der Waals surface area contributed by atoms with Crippen LogP contribution in [0.3, 0.4) is 0 Å². The Morgan fingerprint density at radius 1 is 1.04 bits per heavy atom.